The highest BCUT2D eigenvalue weighted by atomic mass is 32.1. The van der Waals surface area contributed by atoms with Crippen LogP contribution in [0.5, 0.6) is 0 Å². The smallest absolute Gasteiger partial charge is 0.337 e. The predicted molar refractivity (Wildman–Crippen MR) is 105 cm³/mol. The van der Waals surface area contributed by atoms with E-state index in [0.29, 0.717) is 17.8 Å². The number of carbonyl (C=O) groups is 1. The number of nitrogens with zero attached hydrogens (tertiary/aromatic N) is 2. The number of anilines is 2. The Labute approximate surface area is 156 Å². The van der Waals surface area contributed by atoms with Crippen LogP contribution in [0.4, 0.5) is 11.5 Å². The molecule has 1 aromatic carbocycles. The first-order valence-corrected chi connectivity index (χ1v) is 8.98. The first-order valence-electron chi connectivity index (χ1n) is 8.10. The monoisotopic (exact) mass is 365 g/mol. The molecule has 0 atom stereocenters. The van der Waals surface area contributed by atoms with Crippen molar-refractivity contribution < 1.29 is 9.53 Å². The molecule has 0 amide bonds. The van der Waals surface area contributed by atoms with Crippen LogP contribution in [0.2, 0.25) is 0 Å². The Hall–Kier alpha value is -2.99. The summed E-state index contributed by atoms with van der Waals surface area (Å²) in [6.45, 7) is 5.80. The summed E-state index contributed by atoms with van der Waals surface area (Å²) in [6.07, 6.45) is 2.50. The zero-order valence-corrected chi connectivity index (χ0v) is 15.5. The molecule has 0 radical (unpaired) electrons. The van der Waals surface area contributed by atoms with Gasteiger partial charge in [0.25, 0.3) is 0 Å². The summed E-state index contributed by atoms with van der Waals surface area (Å²) in [5.74, 6) is 1.08. The largest absolute Gasteiger partial charge is 0.465 e. The summed E-state index contributed by atoms with van der Waals surface area (Å²) in [4.78, 5) is 21.9. The van der Waals surface area contributed by atoms with E-state index < -0.39 is 0 Å². The van der Waals surface area contributed by atoms with Gasteiger partial charge in [0.2, 0.25) is 0 Å². The Bertz CT molecular complexity index is 919. The number of allylic oxidation sites excluding steroid dienone is 1. The number of benzene rings is 1. The number of rotatable bonds is 6. The molecule has 2 aromatic heterocycles. The molecule has 3 rings (SSSR count). The van der Waals surface area contributed by atoms with E-state index in [-0.39, 0.29) is 5.97 Å². The first-order chi connectivity index (χ1) is 12.6. The topological polar surface area (TPSA) is 64.1 Å². The molecular formula is C20H19N3O2S. The summed E-state index contributed by atoms with van der Waals surface area (Å²) < 4.78 is 4.73. The number of esters is 1. The molecule has 132 valence electrons. The van der Waals surface area contributed by atoms with E-state index in [4.69, 9.17) is 9.72 Å². The van der Waals surface area contributed by atoms with Crippen molar-refractivity contribution in [2.45, 2.75) is 13.3 Å². The van der Waals surface area contributed by atoms with Gasteiger partial charge in [-0.2, -0.15) is 0 Å². The molecule has 0 bridgehead atoms. The molecule has 0 aliphatic carbocycles. The molecule has 26 heavy (non-hydrogen) atoms. The Kier molecular flexibility index (Phi) is 5.43. The fourth-order valence-corrected chi connectivity index (χ4v) is 3.21. The van der Waals surface area contributed by atoms with Gasteiger partial charge in [-0.05, 0) is 49.1 Å². The fourth-order valence-electron chi connectivity index (χ4n) is 2.55. The molecule has 2 heterocycles. The summed E-state index contributed by atoms with van der Waals surface area (Å²) in [5.41, 5.74) is 3.25. The van der Waals surface area contributed by atoms with Crippen LogP contribution in [0.15, 0.2) is 54.4 Å². The third-order valence-corrected chi connectivity index (χ3v) is 4.74. The van der Waals surface area contributed by atoms with Crippen LogP contribution < -0.4 is 5.32 Å². The van der Waals surface area contributed by atoms with Crippen molar-refractivity contribution >= 4 is 28.8 Å². The number of ether oxygens (including phenoxy) is 1. The number of hydrogen-bond donors (Lipinski definition) is 1. The van der Waals surface area contributed by atoms with E-state index in [0.717, 1.165) is 27.6 Å². The standard InChI is InChI=1S/C20H19N3O2S/c1-4-6-16-13(2)21-19(17-7-5-12-26-17)23-18(16)22-15-10-8-14(9-11-15)20(24)25-3/h4-5,7-12H,1,6H2,2-3H3,(H,21,22,23). The third-order valence-electron chi connectivity index (χ3n) is 3.87. The summed E-state index contributed by atoms with van der Waals surface area (Å²) in [5, 5.41) is 5.34. The van der Waals surface area contributed by atoms with E-state index in [9.17, 15) is 4.79 Å². The van der Waals surface area contributed by atoms with Gasteiger partial charge in [-0.3, -0.25) is 0 Å². The second-order valence-electron chi connectivity index (χ2n) is 5.62. The summed E-state index contributed by atoms with van der Waals surface area (Å²) >= 11 is 1.60. The van der Waals surface area contributed by atoms with Crippen LogP contribution in [-0.2, 0) is 11.2 Å². The highest BCUT2D eigenvalue weighted by Gasteiger charge is 2.13. The number of carbonyl (C=O) groups excluding carboxylic acids is 1. The normalized spacial score (nSPS) is 10.4. The van der Waals surface area contributed by atoms with Crippen molar-refractivity contribution in [1.82, 2.24) is 9.97 Å². The van der Waals surface area contributed by atoms with Gasteiger partial charge in [-0.15, -0.1) is 17.9 Å². The van der Waals surface area contributed by atoms with Gasteiger partial charge in [0.15, 0.2) is 5.82 Å². The Morgan fingerprint density at radius 1 is 1.27 bits per heavy atom. The van der Waals surface area contributed by atoms with Crippen molar-refractivity contribution in [3.63, 3.8) is 0 Å². The van der Waals surface area contributed by atoms with E-state index in [1.165, 1.54) is 7.11 Å². The SMILES string of the molecule is C=CCc1c(C)nc(-c2cccs2)nc1Nc1ccc(C(=O)OC)cc1. The second kappa shape index (κ2) is 7.93. The Morgan fingerprint density at radius 2 is 2.04 bits per heavy atom. The van der Waals surface area contributed by atoms with Crippen LogP contribution in [0.25, 0.3) is 10.7 Å². The molecule has 0 unspecified atom stereocenters. The summed E-state index contributed by atoms with van der Waals surface area (Å²) in [6, 6.07) is 11.1. The lowest BCUT2D eigenvalue weighted by Gasteiger charge is -2.14. The van der Waals surface area contributed by atoms with Crippen LogP contribution in [0.1, 0.15) is 21.6 Å². The quantitative estimate of drug-likeness (QED) is 0.503. The third kappa shape index (κ3) is 3.81. The van der Waals surface area contributed by atoms with Crippen molar-refractivity contribution in [2.24, 2.45) is 0 Å². The molecule has 0 saturated carbocycles. The van der Waals surface area contributed by atoms with Gasteiger partial charge in [0, 0.05) is 16.9 Å². The zero-order chi connectivity index (χ0) is 18.5. The lowest BCUT2D eigenvalue weighted by Crippen LogP contribution is -2.06. The van der Waals surface area contributed by atoms with E-state index >= 15 is 0 Å². The molecule has 0 fully saturated rings. The minimum atomic E-state index is -0.359. The molecule has 6 heteroatoms. The van der Waals surface area contributed by atoms with Crippen LogP contribution in [0.3, 0.4) is 0 Å². The van der Waals surface area contributed by atoms with E-state index in [1.54, 1.807) is 23.5 Å². The number of hydrogen-bond acceptors (Lipinski definition) is 6. The number of nitrogens with one attached hydrogen (secondary N) is 1. The van der Waals surface area contributed by atoms with Gasteiger partial charge < -0.3 is 10.1 Å². The maximum Gasteiger partial charge on any atom is 0.337 e. The zero-order valence-electron chi connectivity index (χ0n) is 14.7. The minimum absolute atomic E-state index is 0.359. The molecular weight excluding hydrogens is 346 g/mol. The van der Waals surface area contributed by atoms with Crippen LogP contribution >= 0.6 is 11.3 Å². The second-order valence-corrected chi connectivity index (χ2v) is 6.57. The van der Waals surface area contributed by atoms with Gasteiger partial charge in [-0.25, -0.2) is 14.8 Å². The predicted octanol–water partition coefficient (Wildman–Crippen LogP) is 4.77. The van der Waals surface area contributed by atoms with E-state index in [1.807, 2.05) is 42.6 Å². The van der Waals surface area contributed by atoms with Crippen molar-refractivity contribution in [3.8, 4) is 10.7 Å². The number of thiophene rings is 1. The van der Waals surface area contributed by atoms with Gasteiger partial charge >= 0.3 is 5.97 Å². The van der Waals surface area contributed by atoms with Crippen molar-refractivity contribution in [3.05, 3.63) is 71.3 Å². The minimum Gasteiger partial charge on any atom is -0.465 e. The molecule has 0 saturated heterocycles. The number of methoxy groups -OCH3 is 1. The van der Waals surface area contributed by atoms with Gasteiger partial charge in [-0.1, -0.05) is 12.1 Å². The average molecular weight is 365 g/mol. The highest BCUT2D eigenvalue weighted by Crippen LogP contribution is 2.28. The molecule has 5 nitrogen and oxygen atoms in total. The fraction of sp³-hybridized carbons (Fsp3) is 0.150. The Morgan fingerprint density at radius 3 is 2.65 bits per heavy atom. The van der Waals surface area contributed by atoms with Gasteiger partial charge in [0.05, 0.1) is 17.6 Å². The maximum absolute atomic E-state index is 11.6. The molecule has 0 spiro atoms. The summed E-state index contributed by atoms with van der Waals surface area (Å²) in [7, 11) is 1.37. The molecule has 0 aliphatic rings. The van der Waals surface area contributed by atoms with E-state index in [2.05, 4.69) is 16.9 Å². The first kappa shape index (κ1) is 17.8. The van der Waals surface area contributed by atoms with Crippen molar-refractivity contribution in [2.75, 3.05) is 12.4 Å². The lowest BCUT2D eigenvalue weighted by atomic mass is 10.1. The van der Waals surface area contributed by atoms with Gasteiger partial charge in [0.1, 0.15) is 5.82 Å². The van der Waals surface area contributed by atoms with Crippen LogP contribution in [0, 0.1) is 6.92 Å². The molecule has 3 aromatic rings. The highest BCUT2D eigenvalue weighted by molar-refractivity contribution is 7.13. The number of aryl methyl sites for hydroxylation is 1. The molecule has 1 N–H and O–H groups in total. The average Bonchev–Trinajstić information content (AvgIpc) is 3.19. The van der Waals surface area contributed by atoms with Crippen molar-refractivity contribution in [1.29, 1.82) is 0 Å². The number of aromatic nitrogens is 2. The lowest BCUT2D eigenvalue weighted by molar-refractivity contribution is 0.0601. The maximum atomic E-state index is 11.6. The van der Waals surface area contributed by atoms with Crippen LogP contribution in [-0.4, -0.2) is 23.0 Å². The molecule has 0 aliphatic heterocycles. The Balaban J connectivity index is 1.96.